The number of furan rings is 1. The number of rotatable bonds is 4. The van der Waals surface area contributed by atoms with E-state index in [1.54, 1.807) is 0 Å². The first-order valence-electron chi connectivity index (χ1n) is 6.70. The third-order valence-corrected chi connectivity index (χ3v) is 3.58. The van der Waals surface area contributed by atoms with E-state index in [0.717, 1.165) is 34.8 Å². The minimum Gasteiger partial charge on any atom is -0.466 e. The Labute approximate surface area is 117 Å². The Bertz CT molecular complexity index is 619. The van der Waals surface area contributed by atoms with Crippen molar-refractivity contribution >= 4 is 0 Å². The van der Waals surface area contributed by atoms with Crippen LogP contribution in [-0.2, 0) is 0 Å². The average molecular weight is 279 g/mol. The van der Waals surface area contributed by atoms with Gasteiger partial charge in [0.2, 0.25) is 0 Å². The Morgan fingerprint density at radius 3 is 2.40 bits per heavy atom. The minimum atomic E-state index is -0.445. The molecule has 0 amide bonds. The van der Waals surface area contributed by atoms with Gasteiger partial charge in [0.15, 0.2) is 0 Å². The number of benzene rings is 1. The topological polar surface area (TPSA) is 25.2 Å². The van der Waals surface area contributed by atoms with Crippen molar-refractivity contribution in [2.75, 3.05) is 6.54 Å². The van der Waals surface area contributed by atoms with Crippen LogP contribution >= 0.6 is 0 Å². The Kier molecular flexibility index (Phi) is 4.23. The van der Waals surface area contributed by atoms with E-state index in [-0.39, 0.29) is 0 Å². The maximum absolute atomic E-state index is 14.1. The molecule has 1 unspecified atom stereocenters. The second kappa shape index (κ2) is 5.75. The summed E-state index contributed by atoms with van der Waals surface area (Å²) in [6.45, 7) is 8.22. The molecule has 0 spiro atoms. The van der Waals surface area contributed by atoms with Gasteiger partial charge in [-0.2, -0.15) is 0 Å². The van der Waals surface area contributed by atoms with Crippen molar-refractivity contribution in [2.45, 2.75) is 33.7 Å². The van der Waals surface area contributed by atoms with Crippen LogP contribution in [0.5, 0.6) is 0 Å². The molecule has 0 aliphatic rings. The fourth-order valence-electron chi connectivity index (χ4n) is 2.54. The van der Waals surface area contributed by atoms with E-state index in [2.05, 4.69) is 5.32 Å². The number of hydrogen-bond acceptors (Lipinski definition) is 2. The third kappa shape index (κ3) is 2.61. The molecule has 2 nitrogen and oxygen atoms in total. The SMILES string of the molecule is CCNC(c1cc(F)ccc1F)c1c(C)oc(C)c1C. The lowest BCUT2D eigenvalue weighted by Gasteiger charge is -2.20. The quantitative estimate of drug-likeness (QED) is 0.908. The normalized spacial score (nSPS) is 12.7. The van der Waals surface area contributed by atoms with Crippen molar-refractivity contribution in [2.24, 2.45) is 0 Å². The fourth-order valence-corrected chi connectivity index (χ4v) is 2.54. The van der Waals surface area contributed by atoms with Gasteiger partial charge in [0, 0.05) is 11.1 Å². The van der Waals surface area contributed by atoms with Gasteiger partial charge < -0.3 is 9.73 Å². The van der Waals surface area contributed by atoms with Crippen LogP contribution in [0.25, 0.3) is 0 Å². The van der Waals surface area contributed by atoms with Crippen LogP contribution in [-0.4, -0.2) is 6.54 Å². The summed E-state index contributed by atoms with van der Waals surface area (Å²) in [5.41, 5.74) is 2.16. The van der Waals surface area contributed by atoms with Gasteiger partial charge in [-0.05, 0) is 51.1 Å². The van der Waals surface area contributed by atoms with E-state index >= 15 is 0 Å². The van der Waals surface area contributed by atoms with Gasteiger partial charge in [-0.1, -0.05) is 6.92 Å². The van der Waals surface area contributed by atoms with Crippen LogP contribution in [0.4, 0.5) is 8.78 Å². The Morgan fingerprint density at radius 2 is 1.85 bits per heavy atom. The van der Waals surface area contributed by atoms with E-state index < -0.39 is 17.7 Å². The van der Waals surface area contributed by atoms with Crippen molar-refractivity contribution < 1.29 is 13.2 Å². The molecular weight excluding hydrogens is 260 g/mol. The zero-order valence-corrected chi connectivity index (χ0v) is 12.2. The lowest BCUT2D eigenvalue weighted by Crippen LogP contribution is -2.24. The fraction of sp³-hybridized carbons (Fsp3) is 0.375. The summed E-state index contributed by atoms with van der Waals surface area (Å²) in [7, 11) is 0. The standard InChI is InChI=1S/C16H19F2NO/c1-5-19-16(13-8-12(17)6-7-14(13)18)15-9(2)10(3)20-11(15)4/h6-8,16,19H,5H2,1-4H3. The highest BCUT2D eigenvalue weighted by molar-refractivity contribution is 5.41. The van der Waals surface area contributed by atoms with Crippen molar-refractivity contribution in [1.29, 1.82) is 0 Å². The van der Waals surface area contributed by atoms with Crippen molar-refractivity contribution in [3.63, 3.8) is 0 Å². The van der Waals surface area contributed by atoms with Gasteiger partial charge in [0.25, 0.3) is 0 Å². The second-order valence-corrected chi connectivity index (χ2v) is 4.91. The predicted molar refractivity (Wildman–Crippen MR) is 74.8 cm³/mol. The summed E-state index contributed by atoms with van der Waals surface area (Å²) in [4.78, 5) is 0. The highest BCUT2D eigenvalue weighted by atomic mass is 19.1. The van der Waals surface area contributed by atoms with E-state index in [1.807, 2.05) is 27.7 Å². The molecule has 1 heterocycles. The molecule has 0 saturated carbocycles. The van der Waals surface area contributed by atoms with Gasteiger partial charge >= 0.3 is 0 Å². The average Bonchev–Trinajstić information content (AvgIpc) is 2.64. The molecule has 1 N–H and O–H groups in total. The smallest absolute Gasteiger partial charge is 0.128 e. The Morgan fingerprint density at radius 1 is 1.15 bits per heavy atom. The maximum Gasteiger partial charge on any atom is 0.128 e. The molecule has 0 fully saturated rings. The summed E-state index contributed by atoms with van der Waals surface area (Å²) in [5.74, 6) is 0.668. The van der Waals surface area contributed by atoms with E-state index in [1.165, 1.54) is 6.07 Å². The van der Waals surface area contributed by atoms with Crippen LogP contribution < -0.4 is 5.32 Å². The molecule has 0 aliphatic carbocycles. The largest absolute Gasteiger partial charge is 0.466 e. The molecule has 0 radical (unpaired) electrons. The second-order valence-electron chi connectivity index (χ2n) is 4.91. The Balaban J connectivity index is 2.59. The molecule has 0 saturated heterocycles. The van der Waals surface area contributed by atoms with E-state index in [4.69, 9.17) is 4.42 Å². The van der Waals surface area contributed by atoms with Gasteiger partial charge in [-0.15, -0.1) is 0 Å². The van der Waals surface area contributed by atoms with Gasteiger partial charge in [-0.25, -0.2) is 8.78 Å². The van der Waals surface area contributed by atoms with Crippen LogP contribution in [0.15, 0.2) is 22.6 Å². The summed E-state index contributed by atoms with van der Waals surface area (Å²) in [6.07, 6.45) is 0. The zero-order chi connectivity index (χ0) is 14.9. The minimum absolute atomic E-state index is 0.304. The molecule has 0 aliphatic heterocycles. The first kappa shape index (κ1) is 14.7. The van der Waals surface area contributed by atoms with Gasteiger partial charge in [0.05, 0.1) is 6.04 Å². The number of halogens is 2. The molecule has 1 aromatic carbocycles. The third-order valence-electron chi connectivity index (χ3n) is 3.58. The summed E-state index contributed by atoms with van der Waals surface area (Å²) >= 11 is 0. The first-order valence-corrected chi connectivity index (χ1v) is 6.70. The molecule has 20 heavy (non-hydrogen) atoms. The van der Waals surface area contributed by atoms with Crippen LogP contribution in [0.1, 0.15) is 41.2 Å². The number of hydrogen-bond donors (Lipinski definition) is 1. The van der Waals surface area contributed by atoms with Crippen molar-refractivity contribution in [3.05, 3.63) is 58.0 Å². The van der Waals surface area contributed by atoms with E-state index in [9.17, 15) is 8.78 Å². The molecular formula is C16H19F2NO. The first-order chi connectivity index (χ1) is 9.45. The van der Waals surface area contributed by atoms with E-state index in [0.29, 0.717) is 12.1 Å². The van der Waals surface area contributed by atoms with Crippen molar-refractivity contribution in [1.82, 2.24) is 5.32 Å². The molecule has 1 aromatic heterocycles. The monoisotopic (exact) mass is 279 g/mol. The van der Waals surface area contributed by atoms with Crippen LogP contribution in [0.2, 0.25) is 0 Å². The number of aryl methyl sites for hydroxylation is 2. The highest BCUT2D eigenvalue weighted by Crippen LogP contribution is 2.32. The highest BCUT2D eigenvalue weighted by Gasteiger charge is 2.24. The van der Waals surface area contributed by atoms with Crippen LogP contribution in [0.3, 0.4) is 0 Å². The maximum atomic E-state index is 14.1. The molecule has 108 valence electrons. The molecule has 1 atom stereocenters. The lowest BCUT2D eigenvalue weighted by molar-refractivity contribution is 0.490. The Hall–Kier alpha value is -1.68. The van der Waals surface area contributed by atoms with Crippen molar-refractivity contribution in [3.8, 4) is 0 Å². The van der Waals surface area contributed by atoms with Gasteiger partial charge in [-0.3, -0.25) is 0 Å². The molecule has 0 bridgehead atoms. The molecule has 2 aromatic rings. The number of nitrogens with one attached hydrogen (secondary N) is 1. The lowest BCUT2D eigenvalue weighted by atomic mass is 9.95. The predicted octanol–water partition coefficient (Wildman–Crippen LogP) is 4.18. The molecule has 2 rings (SSSR count). The summed E-state index contributed by atoms with van der Waals surface area (Å²) < 4.78 is 33.1. The zero-order valence-electron chi connectivity index (χ0n) is 12.2. The van der Waals surface area contributed by atoms with Gasteiger partial charge in [0.1, 0.15) is 23.2 Å². The summed E-state index contributed by atoms with van der Waals surface area (Å²) in [6, 6.07) is 3.12. The molecule has 4 heteroatoms. The summed E-state index contributed by atoms with van der Waals surface area (Å²) in [5, 5.41) is 3.21. The van der Waals surface area contributed by atoms with Crippen LogP contribution in [0, 0.1) is 32.4 Å².